The summed E-state index contributed by atoms with van der Waals surface area (Å²) >= 11 is 3.30. The fourth-order valence-corrected chi connectivity index (χ4v) is 4.61. The van der Waals surface area contributed by atoms with Crippen molar-refractivity contribution in [1.29, 1.82) is 0 Å². The predicted molar refractivity (Wildman–Crippen MR) is 40.5 cm³/mol. The Kier molecular flexibility index (Phi) is 1.87. The molecule has 0 spiro atoms. The molecule has 54 valence electrons. The van der Waals surface area contributed by atoms with Gasteiger partial charge in [-0.3, -0.25) is 0 Å². The van der Waals surface area contributed by atoms with E-state index in [9.17, 15) is 8.42 Å². The van der Waals surface area contributed by atoms with E-state index in [-0.39, 0.29) is 10.7 Å². The molecule has 0 N–H and O–H groups in total. The molecule has 9 heavy (non-hydrogen) atoms. The van der Waals surface area contributed by atoms with Crippen molar-refractivity contribution < 1.29 is 8.42 Å². The molecule has 0 amide bonds. The molecule has 0 aliphatic carbocycles. The lowest BCUT2D eigenvalue weighted by Crippen LogP contribution is -2.05. The van der Waals surface area contributed by atoms with Crippen molar-refractivity contribution in [2.24, 2.45) is 5.92 Å². The maximum Gasteiger partial charge on any atom is 0.151 e. The largest absolute Gasteiger partial charge is 0.229 e. The minimum Gasteiger partial charge on any atom is -0.229 e. The molecule has 0 radical (unpaired) electrons. The molecule has 1 saturated heterocycles. The average molecular weight is 213 g/mol. The first-order chi connectivity index (χ1) is 4.01. The smallest absolute Gasteiger partial charge is 0.151 e. The van der Waals surface area contributed by atoms with Crippen LogP contribution in [-0.4, -0.2) is 24.8 Å². The third-order valence-electron chi connectivity index (χ3n) is 1.55. The standard InChI is InChI=1S/C5H9BrO2S/c1-4-2-9(7,8)3-5(4)6/h4-5H,2-3H2,1H3. The second kappa shape index (κ2) is 2.23. The highest BCUT2D eigenvalue weighted by Crippen LogP contribution is 2.24. The zero-order valence-electron chi connectivity index (χ0n) is 5.17. The Morgan fingerprint density at radius 1 is 1.44 bits per heavy atom. The van der Waals surface area contributed by atoms with E-state index in [0.717, 1.165) is 0 Å². The van der Waals surface area contributed by atoms with Gasteiger partial charge in [0.15, 0.2) is 9.84 Å². The van der Waals surface area contributed by atoms with Crippen molar-refractivity contribution in [2.75, 3.05) is 11.5 Å². The van der Waals surface area contributed by atoms with Gasteiger partial charge in [-0.15, -0.1) is 0 Å². The SMILES string of the molecule is CC1CS(=O)(=O)CC1Br. The molecule has 2 nitrogen and oxygen atoms in total. The van der Waals surface area contributed by atoms with Crippen LogP contribution in [0.2, 0.25) is 0 Å². The van der Waals surface area contributed by atoms with Crippen LogP contribution in [0.4, 0.5) is 0 Å². The maximum absolute atomic E-state index is 10.8. The molecule has 1 fully saturated rings. The van der Waals surface area contributed by atoms with Crippen molar-refractivity contribution in [3.63, 3.8) is 0 Å². The lowest BCUT2D eigenvalue weighted by molar-refractivity contribution is 0.599. The van der Waals surface area contributed by atoms with Crippen molar-refractivity contribution in [3.05, 3.63) is 0 Å². The first-order valence-corrected chi connectivity index (χ1v) is 5.59. The molecule has 1 heterocycles. The van der Waals surface area contributed by atoms with E-state index >= 15 is 0 Å². The van der Waals surface area contributed by atoms with Gasteiger partial charge < -0.3 is 0 Å². The Balaban J connectivity index is 2.77. The van der Waals surface area contributed by atoms with Crippen molar-refractivity contribution in [3.8, 4) is 0 Å². The van der Waals surface area contributed by atoms with Crippen molar-refractivity contribution in [1.82, 2.24) is 0 Å². The third-order valence-corrected chi connectivity index (χ3v) is 5.10. The average Bonchev–Trinajstić information content (AvgIpc) is 1.79. The van der Waals surface area contributed by atoms with E-state index < -0.39 is 9.84 Å². The summed E-state index contributed by atoms with van der Waals surface area (Å²) in [4.78, 5) is 0.183. The number of hydrogen-bond donors (Lipinski definition) is 0. The normalized spacial score (nSPS) is 41.1. The van der Waals surface area contributed by atoms with Crippen LogP contribution in [0.1, 0.15) is 6.92 Å². The van der Waals surface area contributed by atoms with E-state index in [1.807, 2.05) is 6.92 Å². The van der Waals surface area contributed by atoms with Gasteiger partial charge in [-0.25, -0.2) is 8.42 Å². The fourth-order valence-electron chi connectivity index (χ4n) is 0.980. The lowest BCUT2D eigenvalue weighted by Gasteiger charge is -2.00. The molecule has 0 saturated carbocycles. The Labute approximate surface area is 63.7 Å². The number of rotatable bonds is 0. The van der Waals surface area contributed by atoms with Crippen LogP contribution in [0.3, 0.4) is 0 Å². The zero-order valence-corrected chi connectivity index (χ0v) is 7.57. The topological polar surface area (TPSA) is 34.1 Å². The van der Waals surface area contributed by atoms with Gasteiger partial charge in [0.2, 0.25) is 0 Å². The zero-order chi connectivity index (χ0) is 7.07. The molecular weight excluding hydrogens is 204 g/mol. The molecule has 0 aromatic carbocycles. The fraction of sp³-hybridized carbons (Fsp3) is 1.00. The van der Waals surface area contributed by atoms with Crippen LogP contribution < -0.4 is 0 Å². The number of halogens is 1. The molecule has 0 aromatic heterocycles. The minimum atomic E-state index is -2.69. The lowest BCUT2D eigenvalue weighted by atomic mass is 10.2. The highest BCUT2D eigenvalue weighted by molar-refractivity contribution is 9.09. The second-order valence-corrected chi connectivity index (χ2v) is 5.90. The predicted octanol–water partition coefficient (Wildman–Crippen LogP) is 0.814. The van der Waals surface area contributed by atoms with Gasteiger partial charge in [0.25, 0.3) is 0 Å². The van der Waals surface area contributed by atoms with Crippen LogP contribution in [0.15, 0.2) is 0 Å². The van der Waals surface area contributed by atoms with Crippen LogP contribution in [0.5, 0.6) is 0 Å². The van der Waals surface area contributed by atoms with E-state index in [1.165, 1.54) is 0 Å². The number of hydrogen-bond acceptors (Lipinski definition) is 2. The summed E-state index contributed by atoms with van der Waals surface area (Å²) in [6, 6.07) is 0. The second-order valence-electron chi connectivity index (χ2n) is 2.57. The van der Waals surface area contributed by atoms with Crippen molar-refractivity contribution in [2.45, 2.75) is 11.8 Å². The first kappa shape index (κ1) is 7.54. The van der Waals surface area contributed by atoms with Gasteiger partial charge in [-0.05, 0) is 5.92 Å². The van der Waals surface area contributed by atoms with Crippen LogP contribution in [0.25, 0.3) is 0 Å². The minimum absolute atomic E-state index is 0.183. The van der Waals surface area contributed by atoms with Crippen LogP contribution in [0, 0.1) is 5.92 Å². The van der Waals surface area contributed by atoms with E-state index in [4.69, 9.17) is 0 Å². The van der Waals surface area contributed by atoms with Crippen molar-refractivity contribution >= 4 is 25.8 Å². The molecule has 4 heteroatoms. The Bertz CT molecular complexity index is 181. The highest BCUT2D eigenvalue weighted by Gasteiger charge is 2.32. The van der Waals surface area contributed by atoms with Gasteiger partial charge >= 0.3 is 0 Å². The van der Waals surface area contributed by atoms with E-state index in [1.54, 1.807) is 0 Å². The summed E-state index contributed by atoms with van der Waals surface area (Å²) < 4.78 is 21.6. The Morgan fingerprint density at radius 2 is 2.00 bits per heavy atom. The molecular formula is C5H9BrO2S. The quantitative estimate of drug-likeness (QED) is 0.558. The van der Waals surface area contributed by atoms with Gasteiger partial charge in [-0.1, -0.05) is 22.9 Å². The molecule has 0 bridgehead atoms. The summed E-state index contributed by atoms with van der Waals surface area (Å²) in [5, 5.41) is 0. The number of alkyl halides is 1. The molecule has 2 unspecified atom stereocenters. The molecule has 1 aliphatic heterocycles. The summed E-state index contributed by atoms with van der Waals surface area (Å²) in [5.41, 5.74) is 0. The molecule has 0 aromatic rings. The summed E-state index contributed by atoms with van der Waals surface area (Å²) in [6.45, 7) is 1.95. The van der Waals surface area contributed by atoms with Gasteiger partial charge in [-0.2, -0.15) is 0 Å². The summed E-state index contributed by atoms with van der Waals surface area (Å²) in [5.74, 6) is 0.951. The first-order valence-electron chi connectivity index (χ1n) is 2.86. The Hall–Kier alpha value is 0.430. The molecule has 1 aliphatic rings. The Morgan fingerprint density at radius 3 is 2.11 bits per heavy atom. The summed E-state index contributed by atoms with van der Waals surface area (Å²) in [7, 11) is -2.69. The highest BCUT2D eigenvalue weighted by atomic mass is 79.9. The molecule has 2 atom stereocenters. The monoisotopic (exact) mass is 212 g/mol. The van der Waals surface area contributed by atoms with E-state index in [2.05, 4.69) is 15.9 Å². The third kappa shape index (κ3) is 1.67. The maximum atomic E-state index is 10.8. The van der Waals surface area contributed by atoms with E-state index in [0.29, 0.717) is 11.5 Å². The van der Waals surface area contributed by atoms with Gasteiger partial charge in [0.1, 0.15) is 0 Å². The van der Waals surface area contributed by atoms with Crippen LogP contribution in [-0.2, 0) is 9.84 Å². The summed E-state index contributed by atoms with van der Waals surface area (Å²) in [6.07, 6.45) is 0. The number of sulfone groups is 1. The van der Waals surface area contributed by atoms with Crippen LogP contribution >= 0.6 is 15.9 Å². The molecule has 1 rings (SSSR count). The van der Waals surface area contributed by atoms with Gasteiger partial charge in [0, 0.05) is 4.83 Å². The van der Waals surface area contributed by atoms with Gasteiger partial charge in [0.05, 0.1) is 11.5 Å².